The molecule has 0 spiro atoms. The van der Waals surface area contributed by atoms with Crippen LogP contribution >= 0.6 is 0 Å². The molecule has 0 saturated carbocycles. The molecule has 4 nitrogen and oxygen atoms in total. The number of rotatable bonds is 2. The third-order valence-electron chi connectivity index (χ3n) is 3.09. The van der Waals surface area contributed by atoms with Gasteiger partial charge >= 0.3 is 5.97 Å². The van der Waals surface area contributed by atoms with Crippen LogP contribution in [-0.4, -0.2) is 23.0 Å². The minimum Gasteiger partial charge on any atom is -0.478 e. The largest absolute Gasteiger partial charge is 0.478 e. The molecule has 0 fully saturated rings. The van der Waals surface area contributed by atoms with Crippen LogP contribution in [0.1, 0.15) is 34.8 Å². The van der Waals surface area contributed by atoms with E-state index in [1.54, 1.807) is 12.1 Å². The van der Waals surface area contributed by atoms with E-state index in [-0.39, 0.29) is 11.9 Å². The number of carboxylic acids is 1. The van der Waals surface area contributed by atoms with E-state index >= 15 is 0 Å². The van der Waals surface area contributed by atoms with Crippen molar-refractivity contribution in [1.29, 1.82) is 0 Å². The van der Waals surface area contributed by atoms with Gasteiger partial charge in [0.25, 0.3) is 0 Å². The summed E-state index contributed by atoms with van der Waals surface area (Å²) in [6, 6.07) is 5.39. The first-order chi connectivity index (χ1) is 8.06. The Morgan fingerprint density at radius 1 is 1.35 bits per heavy atom. The Bertz CT molecular complexity index is 468. The maximum absolute atomic E-state index is 11.0. The number of carbonyl (C=O) groups is 2. The van der Waals surface area contributed by atoms with Crippen LogP contribution in [0, 0.1) is 0 Å². The average Bonchev–Trinajstić information content (AvgIpc) is 2.27. The van der Waals surface area contributed by atoms with Crippen molar-refractivity contribution >= 4 is 11.9 Å². The van der Waals surface area contributed by atoms with Crippen molar-refractivity contribution in [2.75, 3.05) is 0 Å². The van der Waals surface area contributed by atoms with Gasteiger partial charge in [-0.1, -0.05) is 6.07 Å². The lowest BCUT2D eigenvalue weighted by atomic mass is 9.87. The number of benzene rings is 1. The van der Waals surface area contributed by atoms with E-state index in [0.717, 1.165) is 30.4 Å². The van der Waals surface area contributed by atoms with Gasteiger partial charge in [0.15, 0.2) is 0 Å². The molecule has 17 heavy (non-hydrogen) atoms. The summed E-state index contributed by atoms with van der Waals surface area (Å²) in [5.41, 5.74) is 2.56. The van der Waals surface area contributed by atoms with E-state index in [4.69, 9.17) is 5.11 Å². The quantitative estimate of drug-likeness (QED) is 0.811. The number of fused-ring (bicyclic) bond motifs is 1. The van der Waals surface area contributed by atoms with Crippen molar-refractivity contribution in [3.05, 3.63) is 34.9 Å². The van der Waals surface area contributed by atoms with Crippen molar-refractivity contribution in [3.8, 4) is 0 Å². The van der Waals surface area contributed by atoms with Crippen LogP contribution in [0.4, 0.5) is 0 Å². The highest BCUT2D eigenvalue weighted by Gasteiger charge is 2.20. The standard InChI is InChI=1S/C13H15NO3/c1-8(15)14-12-5-4-9-6-11(13(16)17)3-2-10(9)7-12/h2-3,6,12H,4-5,7H2,1H3,(H,14,15)(H,16,17). The first kappa shape index (κ1) is 11.6. The molecule has 1 aromatic rings. The van der Waals surface area contributed by atoms with Gasteiger partial charge < -0.3 is 10.4 Å². The van der Waals surface area contributed by atoms with E-state index in [0.29, 0.717) is 5.56 Å². The summed E-state index contributed by atoms with van der Waals surface area (Å²) in [5, 5.41) is 11.8. The van der Waals surface area contributed by atoms with Gasteiger partial charge in [-0.2, -0.15) is 0 Å². The maximum atomic E-state index is 11.0. The minimum atomic E-state index is -0.892. The molecule has 2 rings (SSSR count). The molecule has 1 amide bonds. The molecule has 1 aliphatic rings. The molecule has 1 aromatic carbocycles. The number of hydrogen-bond donors (Lipinski definition) is 2. The van der Waals surface area contributed by atoms with E-state index in [2.05, 4.69) is 5.32 Å². The SMILES string of the molecule is CC(=O)NC1CCc2cc(C(=O)O)ccc2C1. The normalized spacial score (nSPS) is 18.3. The molecule has 2 N–H and O–H groups in total. The lowest BCUT2D eigenvalue weighted by Crippen LogP contribution is -2.37. The molecule has 0 bridgehead atoms. The van der Waals surface area contributed by atoms with Crippen molar-refractivity contribution in [1.82, 2.24) is 5.32 Å². The van der Waals surface area contributed by atoms with E-state index < -0.39 is 5.97 Å². The van der Waals surface area contributed by atoms with Crippen LogP contribution in [0.5, 0.6) is 0 Å². The number of carboxylic acid groups (broad SMARTS) is 1. The highest BCUT2D eigenvalue weighted by atomic mass is 16.4. The second-order valence-electron chi connectivity index (χ2n) is 4.43. The highest BCUT2D eigenvalue weighted by Crippen LogP contribution is 2.22. The van der Waals surface area contributed by atoms with Gasteiger partial charge in [-0.15, -0.1) is 0 Å². The summed E-state index contributed by atoms with van der Waals surface area (Å²) < 4.78 is 0. The van der Waals surface area contributed by atoms with Gasteiger partial charge in [0.05, 0.1) is 5.56 Å². The zero-order valence-corrected chi connectivity index (χ0v) is 9.69. The summed E-state index contributed by atoms with van der Waals surface area (Å²) >= 11 is 0. The van der Waals surface area contributed by atoms with Gasteiger partial charge in [0, 0.05) is 13.0 Å². The molecule has 0 heterocycles. The molecule has 0 radical (unpaired) electrons. The molecule has 1 atom stereocenters. The van der Waals surface area contributed by atoms with Gasteiger partial charge in [-0.3, -0.25) is 4.79 Å². The fraction of sp³-hybridized carbons (Fsp3) is 0.385. The number of hydrogen-bond acceptors (Lipinski definition) is 2. The summed E-state index contributed by atoms with van der Waals surface area (Å²) in [7, 11) is 0. The topological polar surface area (TPSA) is 66.4 Å². The maximum Gasteiger partial charge on any atom is 0.335 e. The Hall–Kier alpha value is -1.84. The minimum absolute atomic E-state index is 0.0133. The van der Waals surface area contributed by atoms with E-state index in [9.17, 15) is 9.59 Å². The van der Waals surface area contributed by atoms with Crippen molar-refractivity contribution < 1.29 is 14.7 Å². The summed E-state index contributed by atoms with van der Waals surface area (Å²) in [4.78, 5) is 21.8. The first-order valence-electron chi connectivity index (χ1n) is 5.68. The smallest absolute Gasteiger partial charge is 0.335 e. The fourth-order valence-electron chi connectivity index (χ4n) is 2.30. The number of nitrogens with one attached hydrogen (secondary N) is 1. The van der Waals surface area contributed by atoms with Crippen molar-refractivity contribution in [3.63, 3.8) is 0 Å². The Labute approximate surface area is 99.6 Å². The Morgan fingerprint density at radius 3 is 2.76 bits per heavy atom. The molecule has 1 aliphatic carbocycles. The summed E-state index contributed by atoms with van der Waals surface area (Å²) in [6.45, 7) is 1.52. The number of carbonyl (C=O) groups excluding carboxylic acids is 1. The van der Waals surface area contributed by atoms with Gasteiger partial charge in [0.1, 0.15) is 0 Å². The van der Waals surface area contributed by atoms with Crippen LogP contribution in [0.2, 0.25) is 0 Å². The van der Waals surface area contributed by atoms with E-state index in [1.165, 1.54) is 6.92 Å². The molecular weight excluding hydrogens is 218 g/mol. The molecule has 0 aromatic heterocycles. The second-order valence-corrected chi connectivity index (χ2v) is 4.43. The third kappa shape index (κ3) is 2.64. The monoisotopic (exact) mass is 233 g/mol. The molecule has 4 heteroatoms. The number of aromatic carboxylic acids is 1. The van der Waals surface area contributed by atoms with Crippen molar-refractivity contribution in [2.24, 2.45) is 0 Å². The average molecular weight is 233 g/mol. The molecular formula is C13H15NO3. The Balaban J connectivity index is 2.17. The second kappa shape index (κ2) is 4.57. The predicted molar refractivity (Wildman–Crippen MR) is 63.0 cm³/mol. The summed E-state index contributed by atoms with van der Waals surface area (Å²) in [6.07, 6.45) is 2.48. The molecule has 0 aliphatic heterocycles. The zero-order chi connectivity index (χ0) is 12.4. The zero-order valence-electron chi connectivity index (χ0n) is 9.69. The fourth-order valence-corrected chi connectivity index (χ4v) is 2.30. The van der Waals surface area contributed by atoms with Crippen LogP contribution < -0.4 is 5.32 Å². The molecule has 1 unspecified atom stereocenters. The third-order valence-corrected chi connectivity index (χ3v) is 3.09. The number of aryl methyl sites for hydroxylation is 1. The Kier molecular flexibility index (Phi) is 3.13. The van der Waals surface area contributed by atoms with Crippen LogP contribution in [-0.2, 0) is 17.6 Å². The van der Waals surface area contributed by atoms with E-state index in [1.807, 2.05) is 6.07 Å². The van der Waals surface area contributed by atoms with Gasteiger partial charge in [-0.05, 0) is 42.5 Å². The molecule has 0 saturated heterocycles. The summed E-state index contributed by atoms with van der Waals surface area (Å²) in [5.74, 6) is -0.905. The van der Waals surface area contributed by atoms with Crippen LogP contribution in [0.25, 0.3) is 0 Å². The van der Waals surface area contributed by atoms with Crippen LogP contribution in [0.3, 0.4) is 0 Å². The number of amides is 1. The molecule has 90 valence electrons. The predicted octanol–water partition coefficient (Wildman–Crippen LogP) is 1.38. The Morgan fingerprint density at radius 2 is 2.12 bits per heavy atom. The first-order valence-corrected chi connectivity index (χ1v) is 5.68. The highest BCUT2D eigenvalue weighted by molar-refractivity contribution is 5.88. The lowest BCUT2D eigenvalue weighted by Gasteiger charge is -2.25. The lowest BCUT2D eigenvalue weighted by molar-refractivity contribution is -0.119. The van der Waals surface area contributed by atoms with Gasteiger partial charge in [-0.25, -0.2) is 4.79 Å². The van der Waals surface area contributed by atoms with Crippen molar-refractivity contribution in [2.45, 2.75) is 32.2 Å². The van der Waals surface area contributed by atoms with Gasteiger partial charge in [0.2, 0.25) is 5.91 Å². The van der Waals surface area contributed by atoms with Crippen LogP contribution in [0.15, 0.2) is 18.2 Å².